The van der Waals surface area contributed by atoms with E-state index in [0.717, 1.165) is 11.4 Å². The zero-order valence-corrected chi connectivity index (χ0v) is 11.4. The quantitative estimate of drug-likeness (QED) is 0.871. The van der Waals surface area contributed by atoms with Gasteiger partial charge >= 0.3 is 0 Å². The second kappa shape index (κ2) is 5.97. The predicted octanol–water partition coefficient (Wildman–Crippen LogP) is 2.77. The number of nitrogens with two attached hydrogens (primary N) is 1. The van der Waals surface area contributed by atoms with Gasteiger partial charge in [0.15, 0.2) is 6.10 Å². The zero-order chi connectivity index (χ0) is 12.1. The molecule has 0 aliphatic rings. The van der Waals surface area contributed by atoms with Crippen LogP contribution in [-0.2, 0) is 0 Å². The molecule has 0 saturated heterocycles. The number of hydrogen-bond donors (Lipinski definition) is 1. The summed E-state index contributed by atoms with van der Waals surface area (Å²) in [6.45, 7) is 0.406. The molecular weight excluding hydrogens is 327 g/mol. The number of hydrogen-bond acceptors (Lipinski definition) is 3. The van der Waals surface area contributed by atoms with Crippen molar-refractivity contribution in [2.45, 2.75) is 6.10 Å². The second-order valence-corrected chi connectivity index (χ2v) is 4.80. The van der Waals surface area contributed by atoms with Gasteiger partial charge in [0.05, 0.1) is 5.69 Å². The van der Waals surface area contributed by atoms with E-state index in [1.807, 2.05) is 42.5 Å². The van der Waals surface area contributed by atoms with Crippen LogP contribution in [0.1, 0.15) is 11.8 Å². The Morgan fingerprint density at radius 1 is 1.18 bits per heavy atom. The first kappa shape index (κ1) is 12.3. The third kappa shape index (κ3) is 3.41. The van der Waals surface area contributed by atoms with Gasteiger partial charge in [0.2, 0.25) is 0 Å². The van der Waals surface area contributed by atoms with Gasteiger partial charge in [-0.15, -0.1) is 0 Å². The van der Waals surface area contributed by atoms with E-state index in [4.69, 9.17) is 10.5 Å². The lowest BCUT2D eigenvalue weighted by Gasteiger charge is -2.16. The summed E-state index contributed by atoms with van der Waals surface area (Å²) in [4.78, 5) is 4.26. The largest absolute Gasteiger partial charge is 0.483 e. The van der Waals surface area contributed by atoms with Crippen LogP contribution in [0.15, 0.2) is 48.7 Å². The summed E-state index contributed by atoms with van der Waals surface area (Å²) >= 11 is 2.26. The van der Waals surface area contributed by atoms with E-state index >= 15 is 0 Å². The fraction of sp³-hybridized carbons (Fsp3) is 0.154. The fourth-order valence-corrected chi connectivity index (χ4v) is 1.83. The molecule has 0 radical (unpaired) electrons. The summed E-state index contributed by atoms with van der Waals surface area (Å²) in [5, 5.41) is 0. The summed E-state index contributed by atoms with van der Waals surface area (Å²) < 4.78 is 6.99. The Bertz CT molecular complexity index is 459. The molecule has 0 spiro atoms. The minimum atomic E-state index is -0.198. The van der Waals surface area contributed by atoms with Crippen molar-refractivity contribution in [3.8, 4) is 5.75 Å². The van der Waals surface area contributed by atoms with Crippen LogP contribution in [0.3, 0.4) is 0 Å². The first-order chi connectivity index (χ1) is 8.29. The third-order valence-electron chi connectivity index (χ3n) is 2.32. The second-order valence-electron chi connectivity index (χ2n) is 3.55. The fourth-order valence-electron chi connectivity index (χ4n) is 1.47. The summed E-state index contributed by atoms with van der Waals surface area (Å²) in [6, 6.07) is 13.6. The standard InChI is InChI=1S/C13H13IN2O/c14-10-4-6-11(7-5-10)17-13(9-15)12-3-1-2-8-16-12/h1-8,13H,9,15H2. The molecule has 1 unspecified atom stereocenters. The van der Waals surface area contributed by atoms with E-state index in [1.54, 1.807) is 6.20 Å². The molecule has 2 N–H and O–H groups in total. The summed E-state index contributed by atoms with van der Waals surface area (Å²) in [5.74, 6) is 0.812. The van der Waals surface area contributed by atoms with Crippen molar-refractivity contribution in [1.82, 2.24) is 4.98 Å². The average Bonchev–Trinajstić information content (AvgIpc) is 2.39. The Morgan fingerprint density at radius 2 is 1.94 bits per heavy atom. The number of aromatic nitrogens is 1. The first-order valence-corrected chi connectivity index (χ1v) is 6.40. The number of ether oxygens (including phenoxy) is 1. The number of halogens is 1. The topological polar surface area (TPSA) is 48.1 Å². The van der Waals surface area contributed by atoms with Crippen LogP contribution in [0.5, 0.6) is 5.75 Å². The van der Waals surface area contributed by atoms with E-state index in [0.29, 0.717) is 6.54 Å². The Morgan fingerprint density at radius 3 is 2.53 bits per heavy atom. The van der Waals surface area contributed by atoms with E-state index in [9.17, 15) is 0 Å². The summed E-state index contributed by atoms with van der Waals surface area (Å²) in [6.07, 6.45) is 1.55. The maximum atomic E-state index is 5.81. The van der Waals surface area contributed by atoms with E-state index in [-0.39, 0.29) is 6.10 Å². The third-order valence-corrected chi connectivity index (χ3v) is 3.04. The zero-order valence-electron chi connectivity index (χ0n) is 9.21. The van der Waals surface area contributed by atoms with Crippen LogP contribution < -0.4 is 10.5 Å². The number of nitrogens with zero attached hydrogens (tertiary/aromatic N) is 1. The highest BCUT2D eigenvalue weighted by Crippen LogP contribution is 2.20. The molecular formula is C13H13IN2O. The Hall–Kier alpha value is -1.14. The molecule has 0 aliphatic heterocycles. The molecule has 0 bridgehead atoms. The van der Waals surface area contributed by atoms with Gasteiger partial charge < -0.3 is 10.5 Å². The maximum Gasteiger partial charge on any atom is 0.153 e. The Balaban J connectivity index is 2.13. The summed E-state index contributed by atoms with van der Waals surface area (Å²) in [7, 11) is 0. The molecule has 1 heterocycles. The van der Waals surface area contributed by atoms with Gasteiger partial charge in [0, 0.05) is 16.3 Å². The number of benzene rings is 1. The summed E-state index contributed by atoms with van der Waals surface area (Å²) in [5.41, 5.74) is 6.57. The lowest BCUT2D eigenvalue weighted by atomic mass is 10.2. The van der Waals surface area contributed by atoms with Crippen LogP contribution in [0.2, 0.25) is 0 Å². The van der Waals surface area contributed by atoms with Crippen molar-refractivity contribution >= 4 is 22.6 Å². The normalized spacial score (nSPS) is 12.1. The van der Waals surface area contributed by atoms with Gasteiger partial charge in [0.1, 0.15) is 5.75 Å². The molecule has 1 aromatic heterocycles. The molecule has 0 aliphatic carbocycles. The van der Waals surface area contributed by atoms with Gasteiger partial charge in [-0.2, -0.15) is 0 Å². The molecule has 0 amide bonds. The lowest BCUT2D eigenvalue weighted by molar-refractivity contribution is 0.209. The maximum absolute atomic E-state index is 5.81. The minimum Gasteiger partial charge on any atom is -0.483 e. The van der Waals surface area contributed by atoms with Crippen LogP contribution in [-0.4, -0.2) is 11.5 Å². The molecule has 0 fully saturated rings. The van der Waals surface area contributed by atoms with E-state index in [1.165, 1.54) is 3.57 Å². The Labute approximate surface area is 114 Å². The smallest absolute Gasteiger partial charge is 0.153 e. The van der Waals surface area contributed by atoms with Gasteiger partial charge in [0.25, 0.3) is 0 Å². The van der Waals surface area contributed by atoms with Crippen LogP contribution >= 0.6 is 22.6 Å². The number of pyridine rings is 1. The highest BCUT2D eigenvalue weighted by atomic mass is 127. The van der Waals surface area contributed by atoms with Gasteiger partial charge in [-0.3, -0.25) is 4.98 Å². The van der Waals surface area contributed by atoms with Crippen molar-refractivity contribution in [1.29, 1.82) is 0 Å². The van der Waals surface area contributed by atoms with Crippen molar-refractivity contribution < 1.29 is 4.74 Å². The van der Waals surface area contributed by atoms with E-state index in [2.05, 4.69) is 27.6 Å². The monoisotopic (exact) mass is 340 g/mol. The highest BCUT2D eigenvalue weighted by Gasteiger charge is 2.12. The van der Waals surface area contributed by atoms with Crippen molar-refractivity contribution in [2.24, 2.45) is 5.73 Å². The van der Waals surface area contributed by atoms with Gasteiger partial charge in [-0.1, -0.05) is 6.07 Å². The minimum absolute atomic E-state index is 0.198. The molecule has 1 atom stereocenters. The van der Waals surface area contributed by atoms with Crippen molar-refractivity contribution in [3.05, 3.63) is 57.9 Å². The molecule has 3 nitrogen and oxygen atoms in total. The molecule has 2 rings (SSSR count). The van der Waals surface area contributed by atoms with Gasteiger partial charge in [-0.05, 0) is 59.0 Å². The molecule has 2 aromatic rings. The predicted molar refractivity (Wildman–Crippen MR) is 75.8 cm³/mol. The van der Waals surface area contributed by atoms with Crippen LogP contribution in [0.4, 0.5) is 0 Å². The number of rotatable bonds is 4. The van der Waals surface area contributed by atoms with Gasteiger partial charge in [-0.25, -0.2) is 0 Å². The molecule has 0 saturated carbocycles. The SMILES string of the molecule is NCC(Oc1ccc(I)cc1)c1ccccn1. The molecule has 88 valence electrons. The highest BCUT2D eigenvalue weighted by molar-refractivity contribution is 14.1. The van der Waals surface area contributed by atoms with Crippen LogP contribution in [0.25, 0.3) is 0 Å². The van der Waals surface area contributed by atoms with Crippen molar-refractivity contribution in [3.63, 3.8) is 0 Å². The van der Waals surface area contributed by atoms with Crippen molar-refractivity contribution in [2.75, 3.05) is 6.54 Å². The lowest BCUT2D eigenvalue weighted by Crippen LogP contribution is -2.19. The molecule has 4 heteroatoms. The first-order valence-electron chi connectivity index (χ1n) is 5.33. The Kier molecular flexibility index (Phi) is 4.33. The van der Waals surface area contributed by atoms with Crippen LogP contribution in [0, 0.1) is 3.57 Å². The molecule has 1 aromatic carbocycles. The van der Waals surface area contributed by atoms with E-state index < -0.39 is 0 Å². The molecule has 17 heavy (non-hydrogen) atoms. The average molecular weight is 340 g/mol.